The van der Waals surface area contributed by atoms with Crippen LogP contribution in [0.1, 0.15) is 50.9 Å². The van der Waals surface area contributed by atoms with E-state index in [1.165, 1.54) is 23.3 Å². The second-order valence-corrected chi connectivity index (χ2v) is 8.54. The first kappa shape index (κ1) is 19.6. The van der Waals surface area contributed by atoms with Crippen molar-refractivity contribution in [3.05, 3.63) is 82.1 Å². The van der Waals surface area contributed by atoms with Gasteiger partial charge in [-0.3, -0.25) is 4.79 Å². The molecule has 0 saturated carbocycles. The lowest BCUT2D eigenvalue weighted by molar-refractivity contribution is 0.0952. The van der Waals surface area contributed by atoms with E-state index in [1.54, 1.807) is 34.4 Å². The number of halogens is 1. The zero-order valence-electron chi connectivity index (χ0n) is 16.6. The first-order chi connectivity index (χ1) is 15.2. The number of aryl methyl sites for hydroxylation is 1. The summed E-state index contributed by atoms with van der Waals surface area (Å²) in [4.78, 5) is 14.4. The Morgan fingerprint density at radius 1 is 1.26 bits per heavy atom. The van der Waals surface area contributed by atoms with Crippen molar-refractivity contribution < 1.29 is 13.6 Å². The van der Waals surface area contributed by atoms with Crippen LogP contribution in [0.3, 0.4) is 0 Å². The van der Waals surface area contributed by atoms with E-state index in [0.717, 1.165) is 41.2 Å². The standard InChI is InChI=1S/C22H20FN5O2S/c23-15-8-6-14(7-9-15)16(18-4-2-12-30-18)10-11-24-21(29)20-17-3-1-5-19(17)31-22(20)28-13-25-26-27-28/h2,4,6-9,12-13,16H,1,3,5,10-11H2,(H,24,29)/t16-/m0/s1. The molecule has 0 radical (unpaired) electrons. The maximum Gasteiger partial charge on any atom is 0.254 e. The van der Waals surface area contributed by atoms with Crippen LogP contribution in [0.4, 0.5) is 4.39 Å². The van der Waals surface area contributed by atoms with E-state index < -0.39 is 0 Å². The van der Waals surface area contributed by atoms with Crippen molar-refractivity contribution in [2.24, 2.45) is 0 Å². The number of aromatic nitrogens is 4. The van der Waals surface area contributed by atoms with Gasteiger partial charge in [0.15, 0.2) is 0 Å². The molecule has 0 unspecified atom stereocenters. The summed E-state index contributed by atoms with van der Waals surface area (Å²) >= 11 is 1.58. The molecule has 158 valence electrons. The smallest absolute Gasteiger partial charge is 0.254 e. The van der Waals surface area contributed by atoms with Crippen molar-refractivity contribution in [1.82, 2.24) is 25.5 Å². The Morgan fingerprint density at radius 3 is 2.87 bits per heavy atom. The van der Waals surface area contributed by atoms with Crippen LogP contribution in [0.25, 0.3) is 5.00 Å². The lowest BCUT2D eigenvalue weighted by Crippen LogP contribution is -2.27. The largest absolute Gasteiger partial charge is 0.469 e. The zero-order chi connectivity index (χ0) is 21.2. The molecule has 1 atom stereocenters. The summed E-state index contributed by atoms with van der Waals surface area (Å²) in [7, 11) is 0. The molecule has 1 aliphatic rings. The number of hydrogen-bond donors (Lipinski definition) is 1. The van der Waals surface area contributed by atoms with Crippen LogP contribution in [0.2, 0.25) is 0 Å². The molecule has 1 aliphatic carbocycles. The molecule has 0 bridgehead atoms. The molecule has 0 saturated heterocycles. The molecule has 1 N–H and O–H groups in total. The molecule has 1 amide bonds. The van der Waals surface area contributed by atoms with Gasteiger partial charge in [0.25, 0.3) is 5.91 Å². The number of amides is 1. The van der Waals surface area contributed by atoms with Crippen molar-refractivity contribution in [1.29, 1.82) is 0 Å². The van der Waals surface area contributed by atoms with Crippen molar-refractivity contribution >= 4 is 17.2 Å². The minimum atomic E-state index is -0.281. The first-order valence-corrected chi connectivity index (χ1v) is 11.0. The van der Waals surface area contributed by atoms with E-state index in [4.69, 9.17) is 4.42 Å². The molecule has 0 fully saturated rings. The molecule has 31 heavy (non-hydrogen) atoms. The zero-order valence-corrected chi connectivity index (χ0v) is 17.4. The average Bonchev–Trinajstić information content (AvgIpc) is 3.56. The van der Waals surface area contributed by atoms with E-state index in [0.29, 0.717) is 18.5 Å². The third-order valence-corrected chi connectivity index (χ3v) is 6.85. The van der Waals surface area contributed by atoms with Crippen LogP contribution in [-0.2, 0) is 12.8 Å². The van der Waals surface area contributed by atoms with Crippen LogP contribution in [0.15, 0.2) is 53.4 Å². The number of hydrogen-bond acceptors (Lipinski definition) is 6. The summed E-state index contributed by atoms with van der Waals surface area (Å²) in [5, 5.41) is 15.2. The quantitative estimate of drug-likeness (QED) is 0.474. The van der Waals surface area contributed by atoms with Crippen molar-refractivity contribution in [2.45, 2.75) is 31.6 Å². The Hall–Kier alpha value is -3.33. The van der Waals surface area contributed by atoms with Gasteiger partial charge < -0.3 is 9.73 Å². The van der Waals surface area contributed by atoms with Gasteiger partial charge in [-0.2, -0.15) is 4.68 Å². The molecule has 3 heterocycles. The second kappa shape index (κ2) is 8.43. The Balaban J connectivity index is 1.34. The van der Waals surface area contributed by atoms with Gasteiger partial charge in [-0.1, -0.05) is 12.1 Å². The lowest BCUT2D eigenvalue weighted by atomic mass is 9.93. The highest BCUT2D eigenvalue weighted by Crippen LogP contribution is 2.37. The van der Waals surface area contributed by atoms with Crippen LogP contribution >= 0.6 is 11.3 Å². The molecular formula is C22H20FN5O2S. The van der Waals surface area contributed by atoms with Crippen LogP contribution in [0.5, 0.6) is 0 Å². The number of tetrazole rings is 1. The second-order valence-electron chi connectivity index (χ2n) is 7.46. The minimum absolute atomic E-state index is 0.0805. The Bertz CT molecular complexity index is 1170. The molecule has 7 nitrogen and oxygen atoms in total. The number of nitrogens with zero attached hydrogens (tertiary/aromatic N) is 4. The molecule has 0 spiro atoms. The number of carbonyl (C=O) groups is 1. The average molecular weight is 438 g/mol. The maximum absolute atomic E-state index is 13.4. The van der Waals surface area contributed by atoms with Crippen LogP contribution < -0.4 is 5.32 Å². The molecule has 4 aromatic rings. The summed E-state index contributed by atoms with van der Waals surface area (Å²) in [5.41, 5.74) is 2.71. The van der Waals surface area contributed by atoms with Crippen LogP contribution in [0, 0.1) is 5.82 Å². The number of rotatable bonds is 7. The Labute approximate surface area is 181 Å². The van der Waals surface area contributed by atoms with Gasteiger partial charge in [0.2, 0.25) is 0 Å². The van der Waals surface area contributed by atoms with E-state index in [2.05, 4.69) is 20.8 Å². The normalized spacial score (nSPS) is 13.8. The van der Waals surface area contributed by atoms with E-state index in [-0.39, 0.29) is 17.6 Å². The van der Waals surface area contributed by atoms with Gasteiger partial charge >= 0.3 is 0 Å². The number of carbonyl (C=O) groups excluding carboxylic acids is 1. The molecule has 1 aromatic carbocycles. The van der Waals surface area contributed by atoms with Gasteiger partial charge in [0.05, 0.1) is 11.8 Å². The monoisotopic (exact) mass is 437 g/mol. The molecule has 9 heteroatoms. The fraction of sp³-hybridized carbons (Fsp3) is 0.273. The summed E-state index contributed by atoms with van der Waals surface area (Å²) in [5.74, 6) is 0.300. The van der Waals surface area contributed by atoms with Gasteiger partial charge in [0.1, 0.15) is 22.9 Å². The number of nitrogens with one attached hydrogen (secondary N) is 1. The maximum atomic E-state index is 13.4. The van der Waals surface area contributed by atoms with Gasteiger partial charge in [-0.05, 0) is 71.5 Å². The minimum Gasteiger partial charge on any atom is -0.469 e. The van der Waals surface area contributed by atoms with Gasteiger partial charge in [-0.15, -0.1) is 16.4 Å². The molecule has 0 aliphatic heterocycles. The first-order valence-electron chi connectivity index (χ1n) is 10.2. The SMILES string of the molecule is O=C(NCC[C@@H](c1ccc(F)cc1)c1ccco1)c1c(-n2cnnn2)sc2c1CCC2. The van der Waals surface area contributed by atoms with Crippen molar-refractivity contribution in [3.8, 4) is 5.00 Å². The van der Waals surface area contributed by atoms with Gasteiger partial charge in [-0.25, -0.2) is 4.39 Å². The highest BCUT2D eigenvalue weighted by atomic mass is 32.1. The Morgan fingerprint density at radius 2 is 2.13 bits per heavy atom. The third kappa shape index (κ3) is 3.88. The van der Waals surface area contributed by atoms with E-state index in [9.17, 15) is 9.18 Å². The van der Waals surface area contributed by atoms with Gasteiger partial charge in [0, 0.05) is 17.3 Å². The lowest BCUT2D eigenvalue weighted by Gasteiger charge is -2.16. The molecular weight excluding hydrogens is 417 g/mol. The van der Waals surface area contributed by atoms with Crippen LogP contribution in [-0.4, -0.2) is 32.7 Å². The number of furan rings is 1. The van der Waals surface area contributed by atoms with Crippen molar-refractivity contribution in [3.63, 3.8) is 0 Å². The number of thiophene rings is 1. The third-order valence-electron chi connectivity index (χ3n) is 5.56. The number of benzene rings is 1. The highest BCUT2D eigenvalue weighted by molar-refractivity contribution is 7.15. The predicted molar refractivity (Wildman–Crippen MR) is 113 cm³/mol. The van der Waals surface area contributed by atoms with E-state index in [1.807, 2.05) is 12.1 Å². The Kier molecular flexibility index (Phi) is 5.33. The molecule has 3 aromatic heterocycles. The fourth-order valence-electron chi connectivity index (χ4n) is 4.12. The summed E-state index contributed by atoms with van der Waals surface area (Å²) < 4.78 is 20.5. The summed E-state index contributed by atoms with van der Waals surface area (Å²) in [6, 6.07) is 10.1. The summed E-state index contributed by atoms with van der Waals surface area (Å²) in [6.07, 6.45) is 6.69. The number of fused-ring (bicyclic) bond motifs is 1. The van der Waals surface area contributed by atoms with Crippen molar-refractivity contribution in [2.75, 3.05) is 6.54 Å². The predicted octanol–water partition coefficient (Wildman–Crippen LogP) is 3.90. The highest BCUT2D eigenvalue weighted by Gasteiger charge is 2.28. The summed E-state index contributed by atoms with van der Waals surface area (Å²) in [6.45, 7) is 0.446. The molecule has 5 rings (SSSR count). The fourth-order valence-corrected chi connectivity index (χ4v) is 5.42. The topological polar surface area (TPSA) is 85.8 Å². The van der Waals surface area contributed by atoms with E-state index >= 15 is 0 Å².